The molecule has 2 aromatic rings. The summed E-state index contributed by atoms with van der Waals surface area (Å²) in [6.45, 7) is 1.89. The lowest BCUT2D eigenvalue weighted by Crippen LogP contribution is -2.33. The number of benzene rings is 1. The molecule has 1 aromatic heterocycles. The second kappa shape index (κ2) is 6.83. The van der Waals surface area contributed by atoms with E-state index in [1.54, 1.807) is 12.1 Å². The first-order valence-electron chi connectivity index (χ1n) is 6.74. The summed E-state index contributed by atoms with van der Waals surface area (Å²) >= 11 is 0. The van der Waals surface area contributed by atoms with Gasteiger partial charge in [0.25, 0.3) is 5.91 Å². The molecule has 110 valence electrons. The molecule has 1 aromatic carbocycles. The molecule has 0 fully saturated rings. The Bertz CT molecular complexity index is 614. The topological polar surface area (TPSA) is 62.2 Å². The van der Waals surface area contributed by atoms with Crippen molar-refractivity contribution in [1.29, 1.82) is 0 Å². The molecule has 0 aliphatic rings. The monoisotopic (exact) mass is 288 g/mol. The van der Waals surface area contributed by atoms with Crippen LogP contribution in [0, 0.1) is 5.82 Å². The number of aromatic nitrogens is 1. The Hall–Kier alpha value is -2.43. The molecule has 0 bridgehead atoms. The molecule has 0 unspecified atom stereocenters. The highest BCUT2D eigenvalue weighted by Crippen LogP contribution is 2.12. The minimum absolute atomic E-state index is 0.0467. The standard InChI is InChI=1S/C16H17FN2O2/c1-11(2-3-12-4-6-15(20)7-5-12)19-16(21)13-8-14(17)10-18-9-13/h4-11,20H,2-3H2,1H3,(H,19,21)/t11-/m1/s1. The van der Waals surface area contributed by atoms with Gasteiger partial charge in [-0.2, -0.15) is 0 Å². The first kappa shape index (κ1) is 15.0. The Kier molecular flexibility index (Phi) is 4.87. The van der Waals surface area contributed by atoms with Gasteiger partial charge in [0.2, 0.25) is 0 Å². The fourth-order valence-electron chi connectivity index (χ4n) is 1.96. The van der Waals surface area contributed by atoms with Crippen molar-refractivity contribution in [2.45, 2.75) is 25.8 Å². The van der Waals surface area contributed by atoms with Crippen molar-refractivity contribution in [3.63, 3.8) is 0 Å². The largest absolute Gasteiger partial charge is 0.508 e. The number of aryl methyl sites for hydroxylation is 1. The number of phenolic OH excluding ortho intramolecular Hbond substituents is 1. The highest BCUT2D eigenvalue weighted by atomic mass is 19.1. The maximum atomic E-state index is 13.0. The summed E-state index contributed by atoms with van der Waals surface area (Å²) in [6.07, 6.45) is 3.93. The number of hydrogen-bond acceptors (Lipinski definition) is 3. The number of phenols is 1. The number of aromatic hydroxyl groups is 1. The summed E-state index contributed by atoms with van der Waals surface area (Å²) < 4.78 is 13.0. The van der Waals surface area contributed by atoms with Gasteiger partial charge < -0.3 is 10.4 Å². The van der Waals surface area contributed by atoms with E-state index in [0.717, 1.165) is 30.7 Å². The molecule has 5 heteroatoms. The molecule has 0 saturated heterocycles. The number of nitrogens with one attached hydrogen (secondary N) is 1. The normalized spacial score (nSPS) is 11.9. The average Bonchev–Trinajstić information content (AvgIpc) is 2.46. The maximum Gasteiger partial charge on any atom is 0.253 e. The number of nitrogens with zero attached hydrogens (tertiary/aromatic N) is 1. The van der Waals surface area contributed by atoms with Crippen molar-refractivity contribution in [3.05, 3.63) is 59.7 Å². The molecule has 1 atom stereocenters. The lowest BCUT2D eigenvalue weighted by Gasteiger charge is -2.13. The van der Waals surface area contributed by atoms with Gasteiger partial charge in [0, 0.05) is 12.2 Å². The smallest absolute Gasteiger partial charge is 0.253 e. The van der Waals surface area contributed by atoms with Gasteiger partial charge in [0.15, 0.2) is 0 Å². The van der Waals surface area contributed by atoms with Gasteiger partial charge in [0.05, 0.1) is 11.8 Å². The van der Waals surface area contributed by atoms with Crippen LogP contribution in [0.25, 0.3) is 0 Å². The van der Waals surface area contributed by atoms with Gasteiger partial charge in [-0.25, -0.2) is 4.39 Å². The maximum absolute atomic E-state index is 13.0. The van der Waals surface area contributed by atoms with E-state index in [2.05, 4.69) is 10.3 Å². The zero-order valence-electron chi connectivity index (χ0n) is 11.7. The summed E-state index contributed by atoms with van der Waals surface area (Å²) in [4.78, 5) is 15.6. The molecule has 4 nitrogen and oxygen atoms in total. The first-order valence-corrected chi connectivity index (χ1v) is 6.74. The van der Waals surface area contributed by atoms with Gasteiger partial charge in [-0.1, -0.05) is 12.1 Å². The Morgan fingerprint density at radius 1 is 1.33 bits per heavy atom. The van der Waals surface area contributed by atoms with Crippen LogP contribution in [-0.4, -0.2) is 22.0 Å². The van der Waals surface area contributed by atoms with Crippen molar-refractivity contribution >= 4 is 5.91 Å². The fourth-order valence-corrected chi connectivity index (χ4v) is 1.96. The second-order valence-electron chi connectivity index (χ2n) is 4.97. The van der Waals surface area contributed by atoms with E-state index < -0.39 is 5.82 Å². The van der Waals surface area contributed by atoms with Crippen molar-refractivity contribution in [2.75, 3.05) is 0 Å². The van der Waals surface area contributed by atoms with Crippen molar-refractivity contribution in [2.24, 2.45) is 0 Å². The lowest BCUT2D eigenvalue weighted by atomic mass is 10.1. The summed E-state index contributed by atoms with van der Waals surface area (Å²) in [5, 5.41) is 12.0. The molecule has 2 rings (SSSR count). The third-order valence-corrected chi connectivity index (χ3v) is 3.15. The van der Waals surface area contributed by atoms with E-state index in [1.807, 2.05) is 19.1 Å². The van der Waals surface area contributed by atoms with Crippen LogP contribution >= 0.6 is 0 Å². The van der Waals surface area contributed by atoms with E-state index in [0.29, 0.717) is 0 Å². The van der Waals surface area contributed by atoms with Crippen LogP contribution in [0.2, 0.25) is 0 Å². The van der Waals surface area contributed by atoms with Crippen LogP contribution in [0.1, 0.15) is 29.3 Å². The number of amides is 1. The van der Waals surface area contributed by atoms with Crippen LogP contribution in [0.3, 0.4) is 0 Å². The van der Waals surface area contributed by atoms with Gasteiger partial charge in [-0.05, 0) is 43.5 Å². The Labute approximate surface area is 122 Å². The highest BCUT2D eigenvalue weighted by molar-refractivity contribution is 5.94. The van der Waals surface area contributed by atoms with Crippen molar-refractivity contribution in [1.82, 2.24) is 10.3 Å². The van der Waals surface area contributed by atoms with E-state index in [9.17, 15) is 14.3 Å². The van der Waals surface area contributed by atoms with Crippen LogP contribution in [0.4, 0.5) is 4.39 Å². The molecular formula is C16H17FN2O2. The number of pyridine rings is 1. The third-order valence-electron chi connectivity index (χ3n) is 3.15. The quantitative estimate of drug-likeness (QED) is 0.889. The minimum Gasteiger partial charge on any atom is -0.508 e. The predicted molar refractivity (Wildman–Crippen MR) is 77.6 cm³/mol. The van der Waals surface area contributed by atoms with E-state index in [-0.39, 0.29) is 23.3 Å². The number of carbonyl (C=O) groups excluding carboxylic acids is 1. The van der Waals surface area contributed by atoms with Crippen LogP contribution in [0.5, 0.6) is 5.75 Å². The first-order chi connectivity index (χ1) is 10.0. The van der Waals surface area contributed by atoms with E-state index >= 15 is 0 Å². The molecule has 21 heavy (non-hydrogen) atoms. The van der Waals surface area contributed by atoms with Gasteiger partial charge in [0.1, 0.15) is 11.6 Å². The summed E-state index contributed by atoms with van der Waals surface area (Å²) in [6, 6.07) is 8.08. The zero-order chi connectivity index (χ0) is 15.2. The van der Waals surface area contributed by atoms with Crippen molar-refractivity contribution in [3.8, 4) is 5.75 Å². The molecule has 0 aliphatic heterocycles. The molecule has 2 N–H and O–H groups in total. The minimum atomic E-state index is -0.528. The fraction of sp³-hybridized carbons (Fsp3) is 0.250. The molecule has 0 radical (unpaired) electrons. The molecule has 1 amide bonds. The van der Waals surface area contributed by atoms with E-state index in [4.69, 9.17) is 0 Å². The molecule has 0 aliphatic carbocycles. The number of hydrogen-bond donors (Lipinski definition) is 2. The molecule has 0 saturated carbocycles. The second-order valence-corrected chi connectivity index (χ2v) is 4.97. The molecule has 0 spiro atoms. The van der Waals surface area contributed by atoms with Gasteiger partial charge >= 0.3 is 0 Å². The zero-order valence-corrected chi connectivity index (χ0v) is 11.7. The Balaban J connectivity index is 1.85. The van der Waals surface area contributed by atoms with Crippen LogP contribution in [-0.2, 0) is 6.42 Å². The predicted octanol–water partition coefficient (Wildman–Crippen LogP) is 2.68. The average molecular weight is 288 g/mol. The van der Waals surface area contributed by atoms with E-state index in [1.165, 1.54) is 6.20 Å². The van der Waals surface area contributed by atoms with Crippen LogP contribution in [0.15, 0.2) is 42.7 Å². The number of halogens is 1. The van der Waals surface area contributed by atoms with Crippen LogP contribution < -0.4 is 5.32 Å². The summed E-state index contributed by atoms with van der Waals surface area (Å²) in [7, 11) is 0. The number of carbonyl (C=O) groups is 1. The lowest BCUT2D eigenvalue weighted by molar-refractivity contribution is 0.0937. The third kappa shape index (κ3) is 4.56. The molecule has 1 heterocycles. The summed E-state index contributed by atoms with van der Waals surface area (Å²) in [5.74, 6) is -0.627. The summed E-state index contributed by atoms with van der Waals surface area (Å²) in [5.41, 5.74) is 1.30. The SMILES string of the molecule is C[C@H](CCc1ccc(O)cc1)NC(=O)c1cncc(F)c1. The van der Waals surface area contributed by atoms with Gasteiger partial charge in [-0.15, -0.1) is 0 Å². The van der Waals surface area contributed by atoms with Crippen molar-refractivity contribution < 1.29 is 14.3 Å². The number of rotatable bonds is 5. The Morgan fingerprint density at radius 3 is 2.71 bits per heavy atom. The highest BCUT2D eigenvalue weighted by Gasteiger charge is 2.11. The Morgan fingerprint density at radius 2 is 2.05 bits per heavy atom. The van der Waals surface area contributed by atoms with Gasteiger partial charge in [-0.3, -0.25) is 9.78 Å². The molecular weight excluding hydrogens is 271 g/mol.